The van der Waals surface area contributed by atoms with Crippen LogP contribution in [0.4, 0.5) is 0 Å². The molecule has 1 aromatic carbocycles. The van der Waals surface area contributed by atoms with E-state index < -0.39 is 5.54 Å². The third-order valence-corrected chi connectivity index (χ3v) is 3.22. The quantitative estimate of drug-likeness (QED) is 0.859. The van der Waals surface area contributed by atoms with Gasteiger partial charge >= 0.3 is 0 Å². The third kappa shape index (κ3) is 4.86. The van der Waals surface area contributed by atoms with Gasteiger partial charge in [-0.05, 0) is 58.7 Å². The lowest BCUT2D eigenvalue weighted by Crippen LogP contribution is -2.47. The molecule has 0 amide bonds. The lowest BCUT2D eigenvalue weighted by Gasteiger charge is -2.29. The average Bonchev–Trinajstić information content (AvgIpc) is 2.32. The molecule has 1 rings (SSSR count). The van der Waals surface area contributed by atoms with Crippen molar-refractivity contribution >= 4 is 0 Å². The van der Waals surface area contributed by atoms with Crippen LogP contribution < -0.4 is 10.1 Å². The van der Waals surface area contributed by atoms with Crippen molar-refractivity contribution in [1.82, 2.24) is 5.32 Å². The van der Waals surface area contributed by atoms with Crippen molar-refractivity contribution in [3.63, 3.8) is 0 Å². The Kier molecular flexibility index (Phi) is 5.59. The Labute approximate surface area is 123 Å². The summed E-state index contributed by atoms with van der Waals surface area (Å²) in [6.07, 6.45) is 0.626. The normalized spacial score (nSPS) is 15.5. The zero-order valence-electron chi connectivity index (χ0n) is 13.4. The van der Waals surface area contributed by atoms with E-state index in [4.69, 9.17) is 4.74 Å². The smallest absolute Gasteiger partial charge is 0.122 e. The molecule has 0 radical (unpaired) electrons. The van der Waals surface area contributed by atoms with Gasteiger partial charge < -0.3 is 4.74 Å². The number of benzene rings is 1. The first kappa shape index (κ1) is 16.5. The summed E-state index contributed by atoms with van der Waals surface area (Å²) in [4.78, 5) is 0. The molecule has 2 unspecified atom stereocenters. The standard InChI is InChI=1S/C17H26N2O/c1-12(2)19-17(6,11-18)10-15(5)20-16-9-13(3)7-8-14(16)4/h7-9,12,15,19H,10H2,1-6H3. The molecule has 0 saturated heterocycles. The summed E-state index contributed by atoms with van der Waals surface area (Å²) in [7, 11) is 0. The monoisotopic (exact) mass is 274 g/mol. The Morgan fingerprint density at radius 2 is 1.95 bits per heavy atom. The minimum atomic E-state index is -0.564. The molecule has 1 N–H and O–H groups in total. The number of nitrogens with one attached hydrogen (secondary N) is 1. The maximum atomic E-state index is 9.38. The van der Waals surface area contributed by atoms with E-state index in [0.29, 0.717) is 6.42 Å². The van der Waals surface area contributed by atoms with E-state index in [1.54, 1.807) is 0 Å². The fraction of sp³-hybridized carbons (Fsp3) is 0.588. The van der Waals surface area contributed by atoms with Crippen LogP contribution in [0, 0.1) is 25.2 Å². The Morgan fingerprint density at radius 3 is 2.50 bits per heavy atom. The van der Waals surface area contributed by atoms with Crippen LogP contribution in [0.5, 0.6) is 5.75 Å². The van der Waals surface area contributed by atoms with Crippen LogP contribution in [-0.4, -0.2) is 17.7 Å². The van der Waals surface area contributed by atoms with Crippen molar-refractivity contribution in [2.24, 2.45) is 0 Å². The summed E-state index contributed by atoms with van der Waals surface area (Å²) in [6.45, 7) is 12.1. The van der Waals surface area contributed by atoms with Crippen LogP contribution in [0.2, 0.25) is 0 Å². The SMILES string of the molecule is Cc1ccc(C)c(OC(C)CC(C)(C#N)NC(C)C)c1. The van der Waals surface area contributed by atoms with Crippen molar-refractivity contribution in [2.45, 2.75) is 65.6 Å². The van der Waals surface area contributed by atoms with Gasteiger partial charge in [0.2, 0.25) is 0 Å². The maximum absolute atomic E-state index is 9.38. The Hall–Kier alpha value is -1.53. The molecule has 0 fully saturated rings. The van der Waals surface area contributed by atoms with Gasteiger partial charge in [-0.25, -0.2) is 0 Å². The third-order valence-electron chi connectivity index (χ3n) is 3.22. The predicted molar refractivity (Wildman–Crippen MR) is 82.9 cm³/mol. The lowest BCUT2D eigenvalue weighted by atomic mass is 9.95. The molecule has 0 heterocycles. The first-order valence-corrected chi connectivity index (χ1v) is 7.18. The number of rotatable bonds is 6. The fourth-order valence-corrected chi connectivity index (χ4v) is 2.44. The summed E-state index contributed by atoms with van der Waals surface area (Å²) in [5, 5.41) is 12.7. The molecule has 0 aromatic heterocycles. The van der Waals surface area contributed by atoms with Crippen LogP contribution in [0.25, 0.3) is 0 Å². The van der Waals surface area contributed by atoms with E-state index in [2.05, 4.69) is 30.4 Å². The van der Waals surface area contributed by atoms with Crippen LogP contribution in [0.15, 0.2) is 18.2 Å². The molecule has 3 nitrogen and oxygen atoms in total. The minimum absolute atomic E-state index is 0.0219. The molecule has 0 spiro atoms. The van der Waals surface area contributed by atoms with E-state index >= 15 is 0 Å². The average molecular weight is 274 g/mol. The van der Waals surface area contributed by atoms with Crippen molar-refractivity contribution in [3.8, 4) is 11.8 Å². The molecule has 1 aromatic rings. The molecule has 0 saturated carbocycles. The second-order valence-corrected chi connectivity index (χ2v) is 6.14. The van der Waals surface area contributed by atoms with Crippen molar-refractivity contribution < 1.29 is 4.74 Å². The van der Waals surface area contributed by atoms with E-state index in [1.165, 1.54) is 5.56 Å². The maximum Gasteiger partial charge on any atom is 0.122 e. The zero-order chi connectivity index (χ0) is 15.3. The number of hydrogen-bond donors (Lipinski definition) is 1. The molecule has 110 valence electrons. The number of aryl methyl sites for hydroxylation is 2. The van der Waals surface area contributed by atoms with Crippen LogP contribution >= 0.6 is 0 Å². The van der Waals surface area contributed by atoms with Crippen LogP contribution in [0.1, 0.15) is 45.2 Å². The molecular weight excluding hydrogens is 248 g/mol. The number of nitrogens with zero attached hydrogens (tertiary/aromatic N) is 1. The molecular formula is C17H26N2O. The van der Waals surface area contributed by atoms with Crippen molar-refractivity contribution in [2.75, 3.05) is 0 Å². The lowest BCUT2D eigenvalue weighted by molar-refractivity contribution is 0.175. The second kappa shape index (κ2) is 6.76. The van der Waals surface area contributed by atoms with Gasteiger partial charge in [-0.1, -0.05) is 12.1 Å². The van der Waals surface area contributed by atoms with Gasteiger partial charge in [0.05, 0.1) is 12.2 Å². The summed E-state index contributed by atoms with van der Waals surface area (Å²) in [5.74, 6) is 0.905. The summed E-state index contributed by atoms with van der Waals surface area (Å²) in [5.41, 5.74) is 1.74. The minimum Gasteiger partial charge on any atom is -0.490 e. The van der Waals surface area contributed by atoms with Gasteiger partial charge in [0.15, 0.2) is 0 Å². The zero-order valence-corrected chi connectivity index (χ0v) is 13.4. The Morgan fingerprint density at radius 1 is 1.30 bits per heavy atom. The van der Waals surface area contributed by atoms with E-state index in [1.807, 2.05) is 40.7 Å². The largest absolute Gasteiger partial charge is 0.490 e. The Bertz CT molecular complexity index is 490. The van der Waals surface area contributed by atoms with Gasteiger partial charge in [-0.15, -0.1) is 0 Å². The number of nitriles is 1. The fourth-order valence-electron chi connectivity index (χ4n) is 2.44. The van der Waals surface area contributed by atoms with Gasteiger partial charge in [0.25, 0.3) is 0 Å². The highest BCUT2D eigenvalue weighted by Gasteiger charge is 2.27. The number of ether oxygens (including phenoxy) is 1. The highest BCUT2D eigenvalue weighted by molar-refractivity contribution is 5.36. The molecule has 2 atom stereocenters. The molecule has 0 aliphatic rings. The van der Waals surface area contributed by atoms with Crippen molar-refractivity contribution in [1.29, 1.82) is 5.26 Å². The second-order valence-electron chi connectivity index (χ2n) is 6.14. The first-order valence-electron chi connectivity index (χ1n) is 7.18. The van der Waals surface area contributed by atoms with E-state index in [9.17, 15) is 5.26 Å². The van der Waals surface area contributed by atoms with Gasteiger partial charge in [-0.2, -0.15) is 5.26 Å². The topological polar surface area (TPSA) is 45.0 Å². The van der Waals surface area contributed by atoms with Crippen molar-refractivity contribution in [3.05, 3.63) is 29.3 Å². The highest BCUT2D eigenvalue weighted by Crippen LogP contribution is 2.23. The molecule has 20 heavy (non-hydrogen) atoms. The first-order chi connectivity index (χ1) is 9.25. The molecule has 3 heteroatoms. The van der Waals surface area contributed by atoms with Gasteiger partial charge in [0, 0.05) is 12.5 Å². The Balaban J connectivity index is 2.74. The number of hydrogen-bond acceptors (Lipinski definition) is 3. The molecule has 0 aliphatic carbocycles. The summed E-state index contributed by atoms with van der Waals surface area (Å²) < 4.78 is 6.01. The summed E-state index contributed by atoms with van der Waals surface area (Å²) >= 11 is 0. The molecule has 0 aliphatic heterocycles. The van der Waals surface area contributed by atoms with Gasteiger partial charge in [0.1, 0.15) is 11.3 Å². The molecule has 0 bridgehead atoms. The van der Waals surface area contributed by atoms with Gasteiger partial charge in [-0.3, -0.25) is 5.32 Å². The summed E-state index contributed by atoms with van der Waals surface area (Å²) in [6, 6.07) is 8.82. The highest BCUT2D eigenvalue weighted by atomic mass is 16.5. The van der Waals surface area contributed by atoms with E-state index in [-0.39, 0.29) is 12.1 Å². The predicted octanol–water partition coefficient (Wildman–Crippen LogP) is 3.74. The van der Waals surface area contributed by atoms with Crippen LogP contribution in [-0.2, 0) is 0 Å². The van der Waals surface area contributed by atoms with Crippen LogP contribution in [0.3, 0.4) is 0 Å². The van der Waals surface area contributed by atoms with E-state index in [0.717, 1.165) is 11.3 Å².